The van der Waals surface area contributed by atoms with Gasteiger partial charge < -0.3 is 0 Å². The van der Waals surface area contributed by atoms with Crippen LogP contribution < -0.4 is 0 Å². The van der Waals surface area contributed by atoms with Crippen LogP contribution in [0.5, 0.6) is 0 Å². The van der Waals surface area contributed by atoms with Gasteiger partial charge in [-0.2, -0.15) is 13.2 Å². The molecule has 5 heteroatoms. The standard InChI is InChI=1S/C24H24F3NS/c1-16-17(2)29-23-14-18(6-7-22(16)23)8-11-28-12-9-19(10-13-28)20-4-3-5-21(15-20)24(25,26)27/h3-7,9,14-15H,8,10-13H2,1-2H3. The highest BCUT2D eigenvalue weighted by atomic mass is 32.1. The summed E-state index contributed by atoms with van der Waals surface area (Å²) in [4.78, 5) is 3.74. The molecule has 0 aliphatic carbocycles. The van der Waals surface area contributed by atoms with Crippen LogP contribution in [0.1, 0.15) is 33.6 Å². The van der Waals surface area contributed by atoms with Gasteiger partial charge in [0.15, 0.2) is 0 Å². The van der Waals surface area contributed by atoms with Crippen LogP contribution in [-0.2, 0) is 12.6 Å². The van der Waals surface area contributed by atoms with Gasteiger partial charge in [0.1, 0.15) is 0 Å². The van der Waals surface area contributed by atoms with Gasteiger partial charge in [-0.25, -0.2) is 0 Å². The highest BCUT2D eigenvalue weighted by Crippen LogP contribution is 2.33. The maximum atomic E-state index is 13.0. The molecule has 1 nitrogen and oxygen atoms in total. The quantitative estimate of drug-likeness (QED) is 0.449. The van der Waals surface area contributed by atoms with Crippen LogP contribution >= 0.6 is 11.3 Å². The average Bonchev–Trinajstić information content (AvgIpc) is 2.99. The van der Waals surface area contributed by atoms with Crippen LogP contribution in [0.2, 0.25) is 0 Å². The zero-order chi connectivity index (χ0) is 20.6. The van der Waals surface area contributed by atoms with E-state index in [4.69, 9.17) is 0 Å². The summed E-state index contributed by atoms with van der Waals surface area (Å²) in [6.07, 6.45) is -0.450. The van der Waals surface area contributed by atoms with E-state index in [-0.39, 0.29) is 0 Å². The van der Waals surface area contributed by atoms with E-state index in [0.29, 0.717) is 5.56 Å². The molecule has 0 radical (unpaired) electrons. The second-order valence-electron chi connectivity index (χ2n) is 7.72. The van der Waals surface area contributed by atoms with E-state index in [1.807, 2.05) is 11.3 Å². The van der Waals surface area contributed by atoms with E-state index < -0.39 is 11.7 Å². The summed E-state index contributed by atoms with van der Waals surface area (Å²) in [7, 11) is 0. The fourth-order valence-corrected chi connectivity index (χ4v) is 5.04. The van der Waals surface area contributed by atoms with E-state index in [9.17, 15) is 13.2 Å². The summed E-state index contributed by atoms with van der Waals surface area (Å²) in [5.41, 5.74) is 3.84. The third kappa shape index (κ3) is 4.41. The number of aryl methyl sites for hydroxylation is 2. The molecule has 0 fully saturated rings. The first kappa shape index (κ1) is 20.2. The maximum Gasteiger partial charge on any atom is 0.416 e. The van der Waals surface area contributed by atoms with Gasteiger partial charge in [0.2, 0.25) is 0 Å². The van der Waals surface area contributed by atoms with Crippen molar-refractivity contribution < 1.29 is 13.2 Å². The van der Waals surface area contributed by atoms with E-state index in [2.05, 4.69) is 43.0 Å². The molecule has 1 aromatic heterocycles. The number of hydrogen-bond acceptors (Lipinski definition) is 2. The lowest BCUT2D eigenvalue weighted by Gasteiger charge is -2.26. The van der Waals surface area contributed by atoms with E-state index in [0.717, 1.165) is 44.1 Å². The van der Waals surface area contributed by atoms with Crippen LogP contribution in [0, 0.1) is 13.8 Å². The fraction of sp³-hybridized carbons (Fsp3) is 0.333. The molecule has 3 aromatic rings. The van der Waals surface area contributed by atoms with Crippen molar-refractivity contribution in [3.63, 3.8) is 0 Å². The molecule has 0 atom stereocenters. The first-order valence-electron chi connectivity index (χ1n) is 9.89. The number of hydrogen-bond donors (Lipinski definition) is 0. The lowest BCUT2D eigenvalue weighted by atomic mass is 9.97. The van der Waals surface area contributed by atoms with Gasteiger partial charge in [0, 0.05) is 29.2 Å². The molecule has 0 amide bonds. The van der Waals surface area contributed by atoms with E-state index in [1.54, 1.807) is 6.07 Å². The minimum Gasteiger partial charge on any atom is -0.299 e. The molecule has 1 aliphatic rings. The van der Waals surface area contributed by atoms with Crippen LogP contribution in [0.15, 0.2) is 48.5 Å². The Labute approximate surface area is 173 Å². The van der Waals surface area contributed by atoms with Crippen molar-refractivity contribution in [2.75, 3.05) is 19.6 Å². The molecule has 0 spiro atoms. The van der Waals surface area contributed by atoms with Gasteiger partial charge in [-0.15, -0.1) is 11.3 Å². The summed E-state index contributed by atoms with van der Waals surface area (Å²) in [5, 5.41) is 1.35. The Morgan fingerprint density at radius 2 is 1.90 bits per heavy atom. The molecule has 2 heterocycles. The van der Waals surface area contributed by atoms with Crippen molar-refractivity contribution in [2.45, 2.75) is 32.9 Å². The molecule has 0 saturated heterocycles. The SMILES string of the molecule is Cc1sc2cc(CCN3CC=C(c4cccc(C(F)(F)F)c4)CC3)ccc2c1C. The van der Waals surface area contributed by atoms with Gasteiger partial charge in [-0.3, -0.25) is 4.90 Å². The number of rotatable bonds is 4. The minimum absolute atomic E-state index is 0.576. The van der Waals surface area contributed by atoms with Gasteiger partial charge in [0.05, 0.1) is 5.56 Å². The molecule has 0 saturated carbocycles. The molecule has 152 valence electrons. The Hall–Kier alpha value is -2.11. The first-order chi connectivity index (χ1) is 13.8. The Morgan fingerprint density at radius 3 is 2.62 bits per heavy atom. The van der Waals surface area contributed by atoms with Gasteiger partial charge in [-0.05, 0) is 72.5 Å². The number of thiophene rings is 1. The number of halogens is 3. The number of alkyl halides is 3. The summed E-state index contributed by atoms with van der Waals surface area (Å²) in [6, 6.07) is 12.4. The predicted molar refractivity (Wildman–Crippen MR) is 115 cm³/mol. The maximum absolute atomic E-state index is 13.0. The monoisotopic (exact) mass is 415 g/mol. The second-order valence-corrected chi connectivity index (χ2v) is 8.98. The fourth-order valence-electron chi connectivity index (χ4n) is 3.91. The molecule has 0 bridgehead atoms. The zero-order valence-corrected chi connectivity index (χ0v) is 17.5. The Balaban J connectivity index is 1.39. The number of benzene rings is 2. The number of nitrogens with zero attached hydrogens (tertiary/aromatic N) is 1. The van der Waals surface area contributed by atoms with Gasteiger partial charge in [-0.1, -0.05) is 30.3 Å². The van der Waals surface area contributed by atoms with E-state index >= 15 is 0 Å². The van der Waals surface area contributed by atoms with Crippen LogP contribution in [0.25, 0.3) is 15.7 Å². The third-order valence-corrected chi connectivity index (χ3v) is 6.98. The molecule has 1 aliphatic heterocycles. The third-order valence-electron chi connectivity index (χ3n) is 5.81. The lowest BCUT2D eigenvalue weighted by molar-refractivity contribution is -0.137. The van der Waals surface area contributed by atoms with Crippen molar-refractivity contribution in [3.05, 3.63) is 75.7 Å². The Morgan fingerprint density at radius 1 is 1.07 bits per heavy atom. The first-order valence-corrected chi connectivity index (χ1v) is 10.7. The van der Waals surface area contributed by atoms with Crippen LogP contribution in [0.4, 0.5) is 13.2 Å². The molecular formula is C24H24F3NS. The highest BCUT2D eigenvalue weighted by molar-refractivity contribution is 7.19. The van der Waals surface area contributed by atoms with Gasteiger partial charge in [0.25, 0.3) is 0 Å². The normalized spacial score (nSPS) is 15.7. The average molecular weight is 416 g/mol. The lowest BCUT2D eigenvalue weighted by Crippen LogP contribution is -2.30. The van der Waals surface area contributed by atoms with Crippen molar-refractivity contribution in [2.24, 2.45) is 0 Å². The Kier molecular flexibility index (Phi) is 5.54. The summed E-state index contributed by atoms with van der Waals surface area (Å²) in [6.45, 7) is 6.96. The Bertz CT molecular complexity index is 1060. The van der Waals surface area contributed by atoms with Gasteiger partial charge >= 0.3 is 6.18 Å². The largest absolute Gasteiger partial charge is 0.416 e. The summed E-state index contributed by atoms with van der Waals surface area (Å²) >= 11 is 1.85. The minimum atomic E-state index is -4.29. The molecule has 0 N–H and O–H groups in total. The summed E-state index contributed by atoms with van der Waals surface area (Å²) < 4.78 is 40.2. The zero-order valence-electron chi connectivity index (χ0n) is 16.6. The predicted octanol–water partition coefficient (Wildman–Crippen LogP) is 6.87. The number of fused-ring (bicyclic) bond motifs is 1. The smallest absolute Gasteiger partial charge is 0.299 e. The van der Waals surface area contributed by atoms with E-state index in [1.165, 1.54) is 38.2 Å². The highest BCUT2D eigenvalue weighted by Gasteiger charge is 2.30. The molecular weight excluding hydrogens is 391 g/mol. The van der Waals surface area contributed by atoms with Crippen molar-refractivity contribution in [3.8, 4) is 0 Å². The topological polar surface area (TPSA) is 3.24 Å². The molecule has 2 aromatic carbocycles. The molecule has 0 unspecified atom stereocenters. The molecule has 4 rings (SSSR count). The molecule has 29 heavy (non-hydrogen) atoms. The van der Waals surface area contributed by atoms with Crippen LogP contribution in [-0.4, -0.2) is 24.5 Å². The van der Waals surface area contributed by atoms with Crippen LogP contribution in [0.3, 0.4) is 0 Å². The van der Waals surface area contributed by atoms with Crippen molar-refractivity contribution in [1.82, 2.24) is 4.90 Å². The second kappa shape index (κ2) is 7.96. The summed E-state index contributed by atoms with van der Waals surface area (Å²) in [5.74, 6) is 0. The van der Waals surface area contributed by atoms with Crippen molar-refractivity contribution in [1.29, 1.82) is 0 Å². The van der Waals surface area contributed by atoms with Crippen molar-refractivity contribution >= 4 is 27.0 Å².